The molecule has 0 bridgehead atoms. The number of methoxy groups -OCH3 is 1. The fourth-order valence-corrected chi connectivity index (χ4v) is 2.56. The van der Waals surface area contributed by atoms with Gasteiger partial charge in [-0.15, -0.1) is 0 Å². The molecule has 0 unspecified atom stereocenters. The topological polar surface area (TPSA) is 9.23 Å². The van der Waals surface area contributed by atoms with E-state index in [0.29, 0.717) is 0 Å². The molecule has 60 valence electrons. The third kappa shape index (κ3) is 2.45. The Morgan fingerprint density at radius 1 is 1.27 bits per heavy atom. The molecule has 1 aromatic rings. The molecule has 1 nitrogen and oxygen atoms in total. The quantitative estimate of drug-likeness (QED) is 0.480. The van der Waals surface area contributed by atoms with Crippen molar-refractivity contribution >= 4 is 61.1 Å². The molecule has 0 aromatic heterocycles. The first-order chi connectivity index (χ1) is 5.15. The highest BCUT2D eigenvalue weighted by Crippen LogP contribution is 2.29. The highest BCUT2D eigenvalue weighted by atomic mass is 127. The van der Waals surface area contributed by atoms with E-state index in [1.54, 1.807) is 7.11 Å². The lowest BCUT2D eigenvalue weighted by Crippen LogP contribution is -1.88. The zero-order valence-electron chi connectivity index (χ0n) is 5.70. The molecule has 11 heavy (non-hydrogen) atoms. The average Bonchev–Trinajstić information content (AvgIpc) is 1.97. The van der Waals surface area contributed by atoms with Crippen LogP contribution in [-0.4, -0.2) is 7.11 Å². The lowest BCUT2D eigenvalue weighted by molar-refractivity contribution is 0.411. The molecule has 1 rings (SSSR count). The van der Waals surface area contributed by atoms with Crippen LogP contribution < -0.4 is 4.74 Å². The van der Waals surface area contributed by atoms with Crippen LogP contribution in [0.5, 0.6) is 5.75 Å². The minimum atomic E-state index is 0.929. The third-order valence-corrected chi connectivity index (χ3v) is 4.33. The van der Waals surface area contributed by atoms with Crippen LogP contribution in [-0.2, 0) is 0 Å². The van der Waals surface area contributed by atoms with Gasteiger partial charge in [-0.2, -0.15) is 0 Å². The van der Waals surface area contributed by atoms with Crippen LogP contribution in [0.1, 0.15) is 0 Å². The van der Waals surface area contributed by atoms with E-state index in [2.05, 4.69) is 61.1 Å². The average molecular weight is 439 g/mol. The highest BCUT2D eigenvalue weighted by molar-refractivity contribution is 14.1. The lowest BCUT2D eigenvalue weighted by atomic mass is 10.3. The van der Waals surface area contributed by atoms with Crippen LogP contribution in [0.4, 0.5) is 0 Å². The molecule has 0 aliphatic rings. The summed E-state index contributed by atoms with van der Waals surface area (Å²) in [5.41, 5.74) is 0. The Labute approximate surface area is 101 Å². The number of rotatable bonds is 1. The monoisotopic (exact) mass is 438 g/mol. The van der Waals surface area contributed by atoms with Gasteiger partial charge in [0, 0.05) is 8.04 Å². The van der Waals surface area contributed by atoms with Crippen molar-refractivity contribution in [2.24, 2.45) is 0 Å². The van der Waals surface area contributed by atoms with E-state index >= 15 is 0 Å². The molecule has 0 saturated heterocycles. The van der Waals surface area contributed by atoms with Crippen molar-refractivity contribution in [3.8, 4) is 5.75 Å². The Bertz CT molecular complexity index is 275. The second kappa shape index (κ2) is 4.27. The van der Waals surface area contributed by atoms with Crippen molar-refractivity contribution in [3.63, 3.8) is 0 Å². The van der Waals surface area contributed by atoms with E-state index in [0.717, 1.165) is 13.8 Å². The first kappa shape index (κ1) is 10.0. The van der Waals surface area contributed by atoms with Crippen LogP contribution in [0.15, 0.2) is 16.6 Å². The smallest absolute Gasteiger partial charge is 0.133 e. The Kier molecular flexibility index (Phi) is 3.90. The SMILES string of the molecule is COc1cc(I)c(Br)cc1I. The predicted octanol–water partition coefficient (Wildman–Crippen LogP) is 3.67. The van der Waals surface area contributed by atoms with Gasteiger partial charge >= 0.3 is 0 Å². The summed E-state index contributed by atoms with van der Waals surface area (Å²) in [7, 11) is 1.68. The Morgan fingerprint density at radius 2 is 1.91 bits per heavy atom. The summed E-state index contributed by atoms with van der Waals surface area (Å²) in [6.45, 7) is 0. The van der Waals surface area contributed by atoms with Gasteiger partial charge in [0.25, 0.3) is 0 Å². The van der Waals surface area contributed by atoms with E-state index in [1.807, 2.05) is 12.1 Å². The molecule has 0 saturated carbocycles. The molecule has 0 aliphatic heterocycles. The van der Waals surface area contributed by atoms with Gasteiger partial charge in [-0.1, -0.05) is 0 Å². The van der Waals surface area contributed by atoms with E-state index in [-0.39, 0.29) is 0 Å². The number of hydrogen-bond donors (Lipinski definition) is 0. The minimum Gasteiger partial charge on any atom is -0.496 e. The molecular formula is C7H5BrI2O. The second-order valence-electron chi connectivity index (χ2n) is 1.90. The van der Waals surface area contributed by atoms with Crippen molar-refractivity contribution in [2.45, 2.75) is 0 Å². The number of halogens is 3. The number of ether oxygens (including phenoxy) is 1. The van der Waals surface area contributed by atoms with Gasteiger partial charge in [-0.3, -0.25) is 0 Å². The standard InChI is InChI=1S/C7H5BrI2O/c1-11-7-3-5(9)4(8)2-6(7)10/h2-3H,1H3. The summed E-state index contributed by atoms with van der Waals surface area (Å²) in [6, 6.07) is 4.05. The van der Waals surface area contributed by atoms with Crippen molar-refractivity contribution in [2.75, 3.05) is 7.11 Å². The lowest BCUT2D eigenvalue weighted by Gasteiger charge is -2.04. The summed E-state index contributed by atoms with van der Waals surface area (Å²) in [4.78, 5) is 0. The largest absolute Gasteiger partial charge is 0.496 e. The van der Waals surface area contributed by atoms with Gasteiger partial charge in [-0.05, 0) is 73.2 Å². The van der Waals surface area contributed by atoms with Gasteiger partial charge in [0.2, 0.25) is 0 Å². The fourth-order valence-electron chi connectivity index (χ4n) is 0.661. The molecule has 0 heterocycles. The van der Waals surface area contributed by atoms with Crippen LogP contribution in [0.3, 0.4) is 0 Å². The molecule has 4 heteroatoms. The van der Waals surface area contributed by atoms with E-state index in [1.165, 1.54) is 3.57 Å². The van der Waals surface area contributed by atoms with Crippen LogP contribution in [0.25, 0.3) is 0 Å². The molecule has 0 fully saturated rings. The third-order valence-electron chi connectivity index (χ3n) is 1.19. The van der Waals surface area contributed by atoms with Crippen LogP contribution in [0.2, 0.25) is 0 Å². The Hall–Kier alpha value is 0.960. The van der Waals surface area contributed by atoms with Gasteiger partial charge in [0.1, 0.15) is 5.75 Å². The van der Waals surface area contributed by atoms with E-state index in [4.69, 9.17) is 4.74 Å². The molecule has 0 N–H and O–H groups in total. The maximum absolute atomic E-state index is 5.15. The molecule has 0 amide bonds. The van der Waals surface area contributed by atoms with Crippen molar-refractivity contribution in [1.82, 2.24) is 0 Å². The first-order valence-electron chi connectivity index (χ1n) is 2.83. The van der Waals surface area contributed by atoms with Crippen molar-refractivity contribution in [3.05, 3.63) is 23.7 Å². The summed E-state index contributed by atoms with van der Waals surface area (Å²) in [5.74, 6) is 0.929. The second-order valence-corrected chi connectivity index (χ2v) is 5.08. The highest BCUT2D eigenvalue weighted by Gasteiger charge is 2.03. The van der Waals surface area contributed by atoms with Gasteiger partial charge in [-0.25, -0.2) is 0 Å². The Balaban J connectivity index is 3.21. The molecule has 1 aromatic carbocycles. The van der Waals surface area contributed by atoms with Gasteiger partial charge < -0.3 is 4.74 Å². The maximum atomic E-state index is 5.15. The summed E-state index contributed by atoms with van der Waals surface area (Å²) in [6.07, 6.45) is 0. The van der Waals surface area contributed by atoms with E-state index < -0.39 is 0 Å². The Morgan fingerprint density at radius 3 is 2.45 bits per heavy atom. The maximum Gasteiger partial charge on any atom is 0.133 e. The molecular weight excluding hydrogens is 434 g/mol. The van der Waals surface area contributed by atoms with Gasteiger partial charge in [0.15, 0.2) is 0 Å². The zero-order chi connectivity index (χ0) is 8.43. The predicted molar refractivity (Wildman–Crippen MR) is 66.1 cm³/mol. The van der Waals surface area contributed by atoms with Crippen LogP contribution >= 0.6 is 61.1 Å². The molecule has 0 radical (unpaired) electrons. The number of hydrogen-bond acceptors (Lipinski definition) is 1. The molecule has 0 spiro atoms. The zero-order valence-corrected chi connectivity index (χ0v) is 11.6. The molecule has 0 aliphatic carbocycles. The first-order valence-corrected chi connectivity index (χ1v) is 5.78. The van der Waals surface area contributed by atoms with Crippen molar-refractivity contribution in [1.29, 1.82) is 0 Å². The van der Waals surface area contributed by atoms with Crippen LogP contribution in [0, 0.1) is 7.14 Å². The van der Waals surface area contributed by atoms with E-state index in [9.17, 15) is 0 Å². The normalized spacial score (nSPS) is 9.82. The minimum absolute atomic E-state index is 0.929. The number of benzene rings is 1. The summed E-state index contributed by atoms with van der Waals surface area (Å²) >= 11 is 7.95. The molecule has 0 atom stereocenters. The summed E-state index contributed by atoms with van der Waals surface area (Å²) < 4.78 is 8.55. The van der Waals surface area contributed by atoms with Crippen molar-refractivity contribution < 1.29 is 4.74 Å². The fraction of sp³-hybridized carbons (Fsp3) is 0.143. The van der Waals surface area contributed by atoms with Gasteiger partial charge in [0.05, 0.1) is 10.7 Å². The summed E-state index contributed by atoms with van der Waals surface area (Å²) in [5, 5.41) is 0.